The third-order valence-electron chi connectivity index (χ3n) is 3.59. The standard InChI is InChI=1S/C16H13N3O3/c1-9-5-6-10(2)12(8-9)13-15(18-22)19-7-3-4-11(16(20)21)14(19)17-13/h3-8H,1-2H3,(H,20,21). The number of aromatic carboxylic acids is 1. The molecule has 2 aromatic heterocycles. The van der Waals surface area contributed by atoms with Gasteiger partial charge in [-0.1, -0.05) is 17.7 Å². The first-order chi connectivity index (χ1) is 10.5. The van der Waals surface area contributed by atoms with E-state index in [4.69, 9.17) is 0 Å². The third kappa shape index (κ3) is 2.05. The molecule has 22 heavy (non-hydrogen) atoms. The highest BCUT2D eigenvalue weighted by molar-refractivity contribution is 5.95. The van der Waals surface area contributed by atoms with Gasteiger partial charge >= 0.3 is 5.97 Å². The predicted octanol–water partition coefficient (Wildman–Crippen LogP) is 3.71. The quantitative estimate of drug-likeness (QED) is 0.746. The van der Waals surface area contributed by atoms with Crippen LogP contribution in [-0.4, -0.2) is 20.5 Å². The summed E-state index contributed by atoms with van der Waals surface area (Å²) in [5.74, 6) is -0.993. The van der Waals surface area contributed by atoms with Gasteiger partial charge in [-0.3, -0.25) is 4.40 Å². The van der Waals surface area contributed by atoms with Crippen LogP contribution < -0.4 is 0 Å². The summed E-state index contributed by atoms with van der Waals surface area (Å²) in [4.78, 5) is 27.0. The first kappa shape index (κ1) is 13.9. The zero-order valence-corrected chi connectivity index (χ0v) is 12.1. The Labute approximate surface area is 126 Å². The van der Waals surface area contributed by atoms with Crippen molar-refractivity contribution in [3.63, 3.8) is 0 Å². The van der Waals surface area contributed by atoms with E-state index in [-0.39, 0.29) is 17.0 Å². The lowest BCUT2D eigenvalue weighted by Gasteiger charge is -2.04. The van der Waals surface area contributed by atoms with Gasteiger partial charge in [-0.2, -0.15) is 0 Å². The molecule has 3 rings (SSSR count). The summed E-state index contributed by atoms with van der Waals surface area (Å²) in [6.07, 6.45) is 1.58. The maximum atomic E-state index is 11.3. The molecule has 0 fully saturated rings. The Morgan fingerprint density at radius 1 is 1.27 bits per heavy atom. The Morgan fingerprint density at radius 2 is 2.05 bits per heavy atom. The Morgan fingerprint density at radius 3 is 2.73 bits per heavy atom. The number of nitroso groups, excluding NO2 is 1. The topological polar surface area (TPSA) is 84.0 Å². The minimum Gasteiger partial charge on any atom is -0.478 e. The maximum Gasteiger partial charge on any atom is 0.339 e. The fourth-order valence-corrected chi connectivity index (χ4v) is 2.48. The van der Waals surface area contributed by atoms with E-state index in [1.54, 1.807) is 12.3 Å². The van der Waals surface area contributed by atoms with Gasteiger partial charge in [-0.25, -0.2) is 9.78 Å². The minimum absolute atomic E-state index is 0.0314. The van der Waals surface area contributed by atoms with Crippen molar-refractivity contribution in [3.05, 3.63) is 58.1 Å². The second-order valence-electron chi connectivity index (χ2n) is 5.11. The highest BCUT2D eigenvalue weighted by Gasteiger charge is 2.20. The molecule has 6 nitrogen and oxygen atoms in total. The Hall–Kier alpha value is -3.02. The Bertz CT molecular complexity index is 912. The average molecular weight is 295 g/mol. The van der Waals surface area contributed by atoms with E-state index in [2.05, 4.69) is 10.2 Å². The van der Waals surface area contributed by atoms with E-state index in [9.17, 15) is 14.8 Å². The lowest BCUT2D eigenvalue weighted by atomic mass is 10.0. The molecule has 3 aromatic rings. The first-order valence-electron chi connectivity index (χ1n) is 6.68. The van der Waals surface area contributed by atoms with Crippen LogP contribution in [0.3, 0.4) is 0 Å². The van der Waals surface area contributed by atoms with Crippen molar-refractivity contribution in [3.8, 4) is 11.3 Å². The maximum absolute atomic E-state index is 11.3. The molecule has 2 heterocycles. The smallest absolute Gasteiger partial charge is 0.339 e. The van der Waals surface area contributed by atoms with Crippen molar-refractivity contribution < 1.29 is 9.90 Å². The van der Waals surface area contributed by atoms with Crippen molar-refractivity contribution in [2.24, 2.45) is 5.18 Å². The molecule has 0 bridgehead atoms. The van der Waals surface area contributed by atoms with Crippen LogP contribution in [0.5, 0.6) is 0 Å². The number of fused-ring (bicyclic) bond motifs is 1. The average Bonchev–Trinajstić information content (AvgIpc) is 2.87. The van der Waals surface area contributed by atoms with Gasteiger partial charge in [0, 0.05) is 11.8 Å². The summed E-state index contributed by atoms with van der Waals surface area (Å²) in [5.41, 5.74) is 3.37. The van der Waals surface area contributed by atoms with Gasteiger partial charge < -0.3 is 5.11 Å². The molecule has 110 valence electrons. The largest absolute Gasteiger partial charge is 0.478 e. The van der Waals surface area contributed by atoms with Crippen molar-refractivity contribution in [1.29, 1.82) is 0 Å². The lowest BCUT2D eigenvalue weighted by molar-refractivity contribution is 0.0698. The van der Waals surface area contributed by atoms with Crippen LogP contribution in [0.1, 0.15) is 21.5 Å². The summed E-state index contributed by atoms with van der Waals surface area (Å²) >= 11 is 0. The fraction of sp³-hybridized carbons (Fsp3) is 0.125. The Balaban J connectivity index is 2.40. The molecule has 0 saturated heterocycles. The molecule has 0 atom stereocenters. The third-order valence-corrected chi connectivity index (χ3v) is 3.59. The molecule has 0 spiro atoms. The normalized spacial score (nSPS) is 10.8. The van der Waals surface area contributed by atoms with E-state index in [1.807, 2.05) is 32.0 Å². The van der Waals surface area contributed by atoms with Crippen LogP contribution in [0.2, 0.25) is 0 Å². The van der Waals surface area contributed by atoms with Gasteiger partial charge in [0.15, 0.2) is 5.65 Å². The molecule has 0 saturated carbocycles. The van der Waals surface area contributed by atoms with Gasteiger partial charge in [0.1, 0.15) is 11.3 Å². The summed E-state index contributed by atoms with van der Waals surface area (Å²) in [5, 5.41) is 12.3. The van der Waals surface area contributed by atoms with E-state index < -0.39 is 5.97 Å². The lowest BCUT2D eigenvalue weighted by Crippen LogP contribution is -1.99. The molecule has 0 radical (unpaired) electrons. The summed E-state index contributed by atoms with van der Waals surface area (Å²) in [7, 11) is 0. The first-order valence-corrected chi connectivity index (χ1v) is 6.68. The highest BCUT2D eigenvalue weighted by Crippen LogP contribution is 2.34. The van der Waals surface area contributed by atoms with Crippen LogP contribution in [0, 0.1) is 18.8 Å². The number of pyridine rings is 1. The van der Waals surface area contributed by atoms with E-state index in [0.29, 0.717) is 5.69 Å². The molecule has 0 unspecified atom stereocenters. The number of hydrogen-bond acceptors (Lipinski definition) is 4. The second-order valence-corrected chi connectivity index (χ2v) is 5.11. The zero-order valence-electron chi connectivity index (χ0n) is 12.1. The van der Waals surface area contributed by atoms with Crippen LogP contribution in [0.15, 0.2) is 41.7 Å². The predicted molar refractivity (Wildman–Crippen MR) is 82.5 cm³/mol. The van der Waals surface area contributed by atoms with Crippen molar-refractivity contribution in [2.75, 3.05) is 0 Å². The van der Waals surface area contributed by atoms with Gasteiger partial charge in [0.2, 0.25) is 5.82 Å². The van der Waals surface area contributed by atoms with E-state index >= 15 is 0 Å². The van der Waals surface area contributed by atoms with Crippen LogP contribution >= 0.6 is 0 Å². The number of benzene rings is 1. The summed E-state index contributed by atoms with van der Waals surface area (Å²) in [6.45, 7) is 3.85. The molecule has 0 aliphatic heterocycles. The molecule has 1 N–H and O–H groups in total. The number of imidazole rings is 1. The number of carboxylic acids is 1. The summed E-state index contributed by atoms with van der Waals surface area (Å²) < 4.78 is 1.41. The molecule has 0 aliphatic rings. The SMILES string of the molecule is Cc1ccc(C)c(-c2nc3c(C(=O)O)cccn3c2N=O)c1. The van der Waals surface area contributed by atoms with Gasteiger partial charge in [-0.05, 0) is 42.8 Å². The molecule has 0 aliphatic carbocycles. The fourth-order valence-electron chi connectivity index (χ4n) is 2.48. The number of aryl methyl sites for hydroxylation is 2. The molecular weight excluding hydrogens is 282 g/mol. The molecule has 1 aromatic carbocycles. The number of carbonyl (C=O) groups is 1. The molecular formula is C16H13N3O3. The van der Waals surface area contributed by atoms with Gasteiger partial charge in [0.05, 0.1) is 0 Å². The number of aromatic nitrogens is 2. The number of rotatable bonds is 3. The Kier molecular flexibility index (Phi) is 3.21. The monoisotopic (exact) mass is 295 g/mol. The van der Waals surface area contributed by atoms with Crippen molar-refractivity contribution in [2.45, 2.75) is 13.8 Å². The van der Waals surface area contributed by atoms with Crippen LogP contribution in [-0.2, 0) is 0 Å². The molecule has 6 heteroatoms. The van der Waals surface area contributed by atoms with E-state index in [0.717, 1.165) is 16.7 Å². The molecule has 0 amide bonds. The van der Waals surface area contributed by atoms with Crippen LogP contribution in [0.25, 0.3) is 16.9 Å². The second kappa shape index (κ2) is 5.07. The van der Waals surface area contributed by atoms with Crippen LogP contribution in [0.4, 0.5) is 5.82 Å². The summed E-state index contributed by atoms with van der Waals surface area (Å²) in [6, 6.07) is 8.81. The zero-order chi connectivity index (χ0) is 15.9. The number of carboxylic acid groups (broad SMARTS) is 1. The van der Waals surface area contributed by atoms with Gasteiger partial charge in [0.25, 0.3) is 0 Å². The van der Waals surface area contributed by atoms with Crippen molar-refractivity contribution >= 4 is 17.4 Å². The van der Waals surface area contributed by atoms with E-state index in [1.165, 1.54) is 10.5 Å². The van der Waals surface area contributed by atoms with Crippen molar-refractivity contribution in [1.82, 2.24) is 9.38 Å². The minimum atomic E-state index is -1.10. The van der Waals surface area contributed by atoms with Gasteiger partial charge in [-0.15, -0.1) is 4.91 Å². The number of hydrogen-bond donors (Lipinski definition) is 1. The number of nitrogens with zero attached hydrogens (tertiary/aromatic N) is 3. The highest BCUT2D eigenvalue weighted by atomic mass is 16.4.